The third-order valence-corrected chi connectivity index (χ3v) is 8.54. The number of ether oxygens (including phenoxy) is 3. The predicted molar refractivity (Wildman–Crippen MR) is 155 cm³/mol. The lowest BCUT2D eigenvalue weighted by atomic mass is 10.0. The van der Waals surface area contributed by atoms with Crippen molar-refractivity contribution in [2.75, 3.05) is 51.9 Å². The molecule has 7 rings (SSSR count). The van der Waals surface area contributed by atoms with Crippen LogP contribution in [0.15, 0.2) is 53.2 Å². The summed E-state index contributed by atoms with van der Waals surface area (Å²) in [4.78, 5) is 24.1. The van der Waals surface area contributed by atoms with Crippen molar-refractivity contribution in [3.63, 3.8) is 0 Å². The summed E-state index contributed by atoms with van der Waals surface area (Å²) in [7, 11) is 1.57. The minimum atomic E-state index is -0.106. The van der Waals surface area contributed by atoms with Gasteiger partial charge in [-0.25, -0.2) is 0 Å². The van der Waals surface area contributed by atoms with Gasteiger partial charge in [-0.3, -0.25) is 14.8 Å². The molecule has 1 amide bonds. The van der Waals surface area contributed by atoms with Gasteiger partial charge in [-0.15, -0.1) is 0 Å². The summed E-state index contributed by atoms with van der Waals surface area (Å²) in [6, 6.07) is 13.8. The van der Waals surface area contributed by atoms with Crippen LogP contribution in [0.3, 0.4) is 0 Å². The molecule has 10 heteroatoms. The maximum atomic E-state index is 13.2. The summed E-state index contributed by atoms with van der Waals surface area (Å²) < 4.78 is 23.0. The van der Waals surface area contributed by atoms with Gasteiger partial charge in [0, 0.05) is 74.3 Å². The van der Waals surface area contributed by atoms with Crippen LogP contribution in [0.25, 0.3) is 33.6 Å². The molecule has 1 N–H and O–H groups in total. The number of nitrogens with one attached hydrogen (secondary N) is 1. The lowest BCUT2D eigenvalue weighted by Gasteiger charge is -2.24. The van der Waals surface area contributed by atoms with Crippen molar-refractivity contribution in [3.8, 4) is 34.3 Å². The van der Waals surface area contributed by atoms with Crippen LogP contribution < -0.4 is 10.1 Å². The number of hydrogen-bond donors (Lipinski definition) is 1. The second-order valence-corrected chi connectivity index (χ2v) is 11.1. The minimum Gasteiger partial charge on any atom is -0.496 e. The Morgan fingerprint density at radius 2 is 1.86 bits per heavy atom. The highest BCUT2D eigenvalue weighted by Gasteiger charge is 2.39. The van der Waals surface area contributed by atoms with Crippen LogP contribution in [-0.4, -0.2) is 73.4 Å². The third kappa shape index (κ3) is 4.85. The Labute approximate surface area is 243 Å². The van der Waals surface area contributed by atoms with Gasteiger partial charge in [-0.05, 0) is 36.6 Å². The Kier molecular flexibility index (Phi) is 6.98. The zero-order valence-corrected chi connectivity index (χ0v) is 23.3. The van der Waals surface area contributed by atoms with Gasteiger partial charge in [0.1, 0.15) is 28.8 Å². The fourth-order valence-electron chi connectivity index (χ4n) is 6.21. The van der Waals surface area contributed by atoms with E-state index in [1.54, 1.807) is 25.6 Å². The maximum Gasteiger partial charge on any atom is 0.272 e. The Bertz CT molecular complexity index is 1680. The number of nitriles is 1. The number of fused-ring (bicyclic) bond motifs is 2. The van der Waals surface area contributed by atoms with Crippen molar-refractivity contribution in [2.45, 2.75) is 18.9 Å². The van der Waals surface area contributed by atoms with E-state index in [0.29, 0.717) is 77.6 Å². The average molecular weight is 566 g/mol. The summed E-state index contributed by atoms with van der Waals surface area (Å²) in [5.41, 5.74) is 5.27. The van der Waals surface area contributed by atoms with E-state index in [1.807, 2.05) is 35.2 Å². The molecule has 42 heavy (non-hydrogen) atoms. The number of rotatable bonds is 6. The number of carbonyl (C=O) groups is 1. The van der Waals surface area contributed by atoms with Crippen molar-refractivity contribution in [3.05, 3.63) is 60.0 Å². The van der Waals surface area contributed by atoms with Crippen LogP contribution >= 0.6 is 0 Å². The highest BCUT2D eigenvalue weighted by molar-refractivity contribution is 5.95. The van der Waals surface area contributed by atoms with Gasteiger partial charge in [0.2, 0.25) is 0 Å². The smallest absolute Gasteiger partial charge is 0.272 e. The number of furan rings is 1. The molecule has 0 saturated carbocycles. The molecule has 10 nitrogen and oxygen atoms in total. The van der Waals surface area contributed by atoms with E-state index in [1.165, 1.54) is 0 Å². The average Bonchev–Trinajstić information content (AvgIpc) is 3.76. The van der Waals surface area contributed by atoms with Crippen LogP contribution in [0.1, 0.15) is 28.9 Å². The van der Waals surface area contributed by atoms with Crippen LogP contribution in [0, 0.1) is 23.2 Å². The number of methoxy groups -OCH3 is 1. The summed E-state index contributed by atoms with van der Waals surface area (Å²) in [6.07, 6.45) is 5.17. The van der Waals surface area contributed by atoms with Crippen molar-refractivity contribution in [1.29, 1.82) is 5.26 Å². The van der Waals surface area contributed by atoms with Gasteiger partial charge in [-0.2, -0.15) is 5.26 Å². The van der Waals surface area contributed by atoms with Gasteiger partial charge in [-0.1, -0.05) is 6.07 Å². The Hall–Kier alpha value is -4.46. The number of likely N-dealkylation sites (tertiary alicyclic amines) is 1. The second kappa shape index (κ2) is 11.1. The summed E-state index contributed by atoms with van der Waals surface area (Å²) >= 11 is 0. The summed E-state index contributed by atoms with van der Waals surface area (Å²) in [6.45, 7) is 4.24. The zero-order chi connectivity index (χ0) is 28.6. The molecule has 3 aliphatic heterocycles. The number of anilines is 1. The fourth-order valence-corrected chi connectivity index (χ4v) is 6.21. The molecule has 2 atom stereocenters. The molecule has 0 bridgehead atoms. The Morgan fingerprint density at radius 3 is 2.62 bits per heavy atom. The number of nitrogens with zero attached hydrogens (tertiary/aromatic N) is 4. The minimum absolute atomic E-state index is 0.106. The molecule has 0 spiro atoms. The number of amides is 1. The first-order chi connectivity index (χ1) is 20.6. The number of aromatic nitrogens is 2. The van der Waals surface area contributed by atoms with Gasteiger partial charge < -0.3 is 28.8 Å². The molecular weight excluding hydrogens is 534 g/mol. The topological polar surface area (TPSA) is 123 Å². The summed E-state index contributed by atoms with van der Waals surface area (Å²) in [5.74, 6) is 1.71. The van der Waals surface area contributed by atoms with Gasteiger partial charge in [0.25, 0.3) is 5.91 Å². The lowest BCUT2D eigenvalue weighted by Crippen LogP contribution is -2.31. The Morgan fingerprint density at radius 1 is 1.05 bits per heavy atom. The molecule has 2 unspecified atom stereocenters. The van der Waals surface area contributed by atoms with Gasteiger partial charge in [0.05, 0.1) is 37.1 Å². The van der Waals surface area contributed by atoms with E-state index in [2.05, 4.69) is 21.4 Å². The SMILES string of the molecule is COc1cc(C(=O)N2CC3COCC3C2)ncc1-c1cc2nccc(-c3ccc(NC4CCOCC4)c(C#N)c3)c2o1. The molecule has 3 saturated heterocycles. The van der Waals surface area contributed by atoms with Gasteiger partial charge >= 0.3 is 0 Å². The zero-order valence-electron chi connectivity index (χ0n) is 23.3. The van der Waals surface area contributed by atoms with Crippen molar-refractivity contribution < 1.29 is 23.4 Å². The van der Waals surface area contributed by atoms with E-state index in [-0.39, 0.29) is 11.9 Å². The molecule has 4 aromatic rings. The molecule has 1 aromatic carbocycles. The molecule has 0 radical (unpaired) electrons. The van der Waals surface area contributed by atoms with E-state index in [4.69, 9.17) is 18.6 Å². The first kappa shape index (κ1) is 26.4. The first-order valence-corrected chi connectivity index (χ1v) is 14.3. The third-order valence-electron chi connectivity index (χ3n) is 8.54. The summed E-state index contributed by atoms with van der Waals surface area (Å²) in [5, 5.41) is 13.4. The van der Waals surface area contributed by atoms with Crippen molar-refractivity contribution in [2.24, 2.45) is 11.8 Å². The van der Waals surface area contributed by atoms with Crippen LogP contribution in [0.5, 0.6) is 5.75 Å². The molecule has 214 valence electrons. The lowest BCUT2D eigenvalue weighted by molar-refractivity contribution is 0.0745. The number of pyridine rings is 2. The second-order valence-electron chi connectivity index (χ2n) is 11.1. The molecule has 3 aromatic heterocycles. The van der Waals surface area contributed by atoms with E-state index in [9.17, 15) is 10.1 Å². The molecule has 0 aliphatic carbocycles. The largest absolute Gasteiger partial charge is 0.496 e. The molecule has 3 fully saturated rings. The molecular formula is C32H31N5O5. The fraction of sp³-hybridized carbons (Fsp3) is 0.375. The quantitative estimate of drug-likeness (QED) is 0.353. The Balaban J connectivity index is 1.17. The molecule has 3 aliphatic rings. The predicted octanol–water partition coefficient (Wildman–Crippen LogP) is 4.75. The highest BCUT2D eigenvalue weighted by Crippen LogP contribution is 2.38. The monoisotopic (exact) mass is 565 g/mol. The van der Waals surface area contributed by atoms with Crippen LogP contribution in [-0.2, 0) is 9.47 Å². The van der Waals surface area contributed by atoms with Crippen LogP contribution in [0.2, 0.25) is 0 Å². The first-order valence-electron chi connectivity index (χ1n) is 14.3. The molecule has 6 heterocycles. The van der Waals surface area contributed by atoms with E-state index in [0.717, 1.165) is 42.9 Å². The standard InChI is InChI=1S/C32H31N5O5/c1-39-29-12-28(32(38)37-15-21-17-41-18-22(21)16-37)35-14-25(29)30-11-27-31(42-30)24(4-7-34-27)19-2-3-26(20(10-19)13-33)36-23-5-8-40-9-6-23/h2-4,7,10-12,14,21-23,36H,5-6,8-9,15-18H2,1H3. The number of hydrogen-bond acceptors (Lipinski definition) is 9. The van der Waals surface area contributed by atoms with Crippen molar-refractivity contribution >= 4 is 22.7 Å². The van der Waals surface area contributed by atoms with Crippen LogP contribution in [0.4, 0.5) is 5.69 Å². The van der Waals surface area contributed by atoms with E-state index >= 15 is 0 Å². The highest BCUT2D eigenvalue weighted by atomic mass is 16.5. The number of benzene rings is 1. The van der Waals surface area contributed by atoms with Gasteiger partial charge in [0.15, 0.2) is 5.58 Å². The number of carbonyl (C=O) groups excluding carboxylic acids is 1. The van der Waals surface area contributed by atoms with Crippen molar-refractivity contribution in [1.82, 2.24) is 14.9 Å². The van der Waals surface area contributed by atoms with E-state index < -0.39 is 0 Å². The maximum absolute atomic E-state index is 13.2. The normalized spacial score (nSPS) is 20.4.